The van der Waals surface area contributed by atoms with Gasteiger partial charge in [0.05, 0.1) is 11.7 Å². The van der Waals surface area contributed by atoms with Crippen LogP contribution in [0.2, 0.25) is 0 Å². The lowest BCUT2D eigenvalue weighted by Crippen LogP contribution is -2.62. The number of aromatic nitrogens is 1. The van der Waals surface area contributed by atoms with Gasteiger partial charge in [-0.05, 0) is 38.5 Å². The summed E-state index contributed by atoms with van der Waals surface area (Å²) >= 11 is 0. The van der Waals surface area contributed by atoms with Gasteiger partial charge in [-0.25, -0.2) is 0 Å². The normalized spacial score (nSPS) is 27.8. The predicted molar refractivity (Wildman–Crippen MR) is 96.8 cm³/mol. The van der Waals surface area contributed by atoms with E-state index in [1.54, 1.807) is 0 Å². The molecule has 1 aromatic heterocycles. The largest absolute Gasteiger partial charge is 0.502 e. The summed E-state index contributed by atoms with van der Waals surface area (Å²) in [5.74, 6) is -1.18. The topological polar surface area (TPSA) is 94.9 Å². The maximum absolute atomic E-state index is 13.6. The average molecular weight is 372 g/mol. The highest BCUT2D eigenvalue weighted by Crippen LogP contribution is 2.38. The SMILES string of the molecule is O=C1NCCc2c1c(O)c(=O)n1c2C(=O)N(C2CC3CCCN32)CCCC1. The smallest absolute Gasteiger partial charge is 0.294 e. The second kappa shape index (κ2) is 6.09. The quantitative estimate of drug-likeness (QED) is 0.738. The lowest BCUT2D eigenvalue weighted by Gasteiger charge is -2.50. The van der Waals surface area contributed by atoms with E-state index in [9.17, 15) is 19.5 Å². The third kappa shape index (κ3) is 2.35. The van der Waals surface area contributed by atoms with Gasteiger partial charge >= 0.3 is 0 Å². The van der Waals surface area contributed by atoms with Crippen LogP contribution in [-0.4, -0.2) is 63.1 Å². The minimum Gasteiger partial charge on any atom is -0.502 e. The van der Waals surface area contributed by atoms with Crippen LogP contribution >= 0.6 is 0 Å². The van der Waals surface area contributed by atoms with Crippen LogP contribution in [0.4, 0.5) is 0 Å². The Kier molecular flexibility index (Phi) is 3.79. The molecule has 5 heterocycles. The van der Waals surface area contributed by atoms with E-state index in [0.29, 0.717) is 43.4 Å². The molecule has 2 N–H and O–H groups in total. The molecule has 2 fully saturated rings. The zero-order valence-corrected chi connectivity index (χ0v) is 15.2. The number of pyridine rings is 1. The highest BCUT2D eigenvalue weighted by molar-refractivity contribution is 6.04. The second-order valence-corrected chi connectivity index (χ2v) is 7.97. The molecule has 8 nitrogen and oxygen atoms in total. The molecule has 1 aromatic rings. The Morgan fingerprint density at radius 1 is 1.04 bits per heavy atom. The van der Waals surface area contributed by atoms with Gasteiger partial charge in [0.25, 0.3) is 17.4 Å². The van der Waals surface area contributed by atoms with Gasteiger partial charge in [-0.1, -0.05) is 0 Å². The van der Waals surface area contributed by atoms with E-state index in [1.165, 1.54) is 17.4 Å². The van der Waals surface area contributed by atoms with Crippen LogP contribution in [0.25, 0.3) is 0 Å². The van der Waals surface area contributed by atoms with E-state index in [0.717, 1.165) is 25.8 Å². The Morgan fingerprint density at radius 3 is 2.67 bits per heavy atom. The Labute approximate surface area is 156 Å². The fraction of sp³-hybridized carbons (Fsp3) is 0.632. The molecule has 27 heavy (non-hydrogen) atoms. The Bertz CT molecular complexity index is 893. The van der Waals surface area contributed by atoms with Crippen molar-refractivity contribution < 1.29 is 14.7 Å². The molecule has 4 aliphatic rings. The number of fused-ring (bicyclic) bond motifs is 4. The van der Waals surface area contributed by atoms with Crippen molar-refractivity contribution >= 4 is 11.8 Å². The van der Waals surface area contributed by atoms with E-state index in [4.69, 9.17) is 0 Å². The number of carbonyl (C=O) groups is 2. The first-order chi connectivity index (χ1) is 13.1. The van der Waals surface area contributed by atoms with Crippen molar-refractivity contribution in [1.29, 1.82) is 0 Å². The molecule has 0 spiro atoms. The molecule has 8 heteroatoms. The van der Waals surface area contributed by atoms with Crippen molar-refractivity contribution in [3.8, 4) is 5.75 Å². The van der Waals surface area contributed by atoms with Crippen LogP contribution in [0.5, 0.6) is 5.75 Å². The molecule has 144 valence electrons. The Hall–Kier alpha value is -2.35. The monoisotopic (exact) mass is 372 g/mol. The third-order valence-electron chi connectivity index (χ3n) is 6.57. The van der Waals surface area contributed by atoms with E-state index < -0.39 is 17.2 Å². The summed E-state index contributed by atoms with van der Waals surface area (Å²) in [7, 11) is 0. The van der Waals surface area contributed by atoms with Crippen molar-refractivity contribution in [1.82, 2.24) is 19.7 Å². The van der Waals surface area contributed by atoms with Gasteiger partial charge in [-0.15, -0.1) is 0 Å². The van der Waals surface area contributed by atoms with E-state index in [-0.39, 0.29) is 17.6 Å². The first-order valence-corrected chi connectivity index (χ1v) is 9.91. The van der Waals surface area contributed by atoms with Crippen LogP contribution in [0.1, 0.15) is 58.5 Å². The number of nitrogens with one attached hydrogen (secondary N) is 1. The predicted octanol–water partition coefficient (Wildman–Crippen LogP) is 0.270. The molecule has 0 radical (unpaired) electrons. The van der Waals surface area contributed by atoms with E-state index in [2.05, 4.69) is 10.2 Å². The van der Waals surface area contributed by atoms with Crippen LogP contribution in [0.15, 0.2) is 4.79 Å². The standard InChI is InChI=1S/C19H24N4O4/c24-16-14-12(5-6-20-17(14)25)15-18(26)22(7-1-2-8-23(15)19(16)27)13-10-11-4-3-9-21(11)13/h11,13,24H,1-10H2,(H,20,25). The number of nitrogens with zero attached hydrogens (tertiary/aromatic N) is 3. The minimum absolute atomic E-state index is 0.0148. The summed E-state index contributed by atoms with van der Waals surface area (Å²) in [4.78, 5) is 42.9. The van der Waals surface area contributed by atoms with Crippen LogP contribution < -0.4 is 10.9 Å². The van der Waals surface area contributed by atoms with E-state index >= 15 is 0 Å². The number of aromatic hydroxyl groups is 1. The summed E-state index contributed by atoms with van der Waals surface area (Å²) in [6.07, 6.45) is 5.47. The number of rotatable bonds is 1. The fourth-order valence-corrected chi connectivity index (χ4v) is 5.22. The Morgan fingerprint density at radius 2 is 1.85 bits per heavy atom. The number of hydrogen-bond acceptors (Lipinski definition) is 5. The summed E-state index contributed by atoms with van der Waals surface area (Å²) in [5, 5.41) is 13.0. The number of amides is 2. The summed E-state index contributed by atoms with van der Waals surface area (Å²) in [6, 6.07) is 0.579. The van der Waals surface area contributed by atoms with Gasteiger partial charge in [0.1, 0.15) is 5.69 Å². The van der Waals surface area contributed by atoms with Crippen LogP contribution in [-0.2, 0) is 13.0 Å². The van der Waals surface area contributed by atoms with Crippen LogP contribution in [0, 0.1) is 0 Å². The van der Waals surface area contributed by atoms with Crippen molar-refractivity contribution in [2.75, 3.05) is 19.6 Å². The molecule has 4 aliphatic heterocycles. The molecular weight excluding hydrogens is 348 g/mol. The van der Waals surface area contributed by atoms with Gasteiger partial charge in [-0.2, -0.15) is 0 Å². The van der Waals surface area contributed by atoms with Gasteiger partial charge in [-0.3, -0.25) is 19.3 Å². The Balaban J connectivity index is 1.63. The second-order valence-electron chi connectivity index (χ2n) is 7.97. The van der Waals surface area contributed by atoms with Crippen LogP contribution in [0.3, 0.4) is 0 Å². The fourth-order valence-electron chi connectivity index (χ4n) is 5.22. The molecule has 5 rings (SSSR count). The average Bonchev–Trinajstić information content (AvgIpc) is 3.00. The van der Waals surface area contributed by atoms with Gasteiger partial charge in [0.2, 0.25) is 0 Å². The lowest BCUT2D eigenvalue weighted by molar-refractivity contribution is -0.0462. The molecule has 0 aromatic carbocycles. The van der Waals surface area contributed by atoms with Crippen molar-refractivity contribution in [2.45, 2.75) is 57.3 Å². The highest BCUT2D eigenvalue weighted by atomic mass is 16.3. The third-order valence-corrected chi connectivity index (χ3v) is 6.57. The zero-order chi connectivity index (χ0) is 18.7. The molecular formula is C19H24N4O4. The maximum Gasteiger partial charge on any atom is 0.294 e. The molecule has 2 unspecified atom stereocenters. The number of hydrogen-bond donors (Lipinski definition) is 2. The van der Waals surface area contributed by atoms with Gasteiger partial charge in [0.15, 0.2) is 5.75 Å². The first kappa shape index (κ1) is 16.8. The van der Waals surface area contributed by atoms with Gasteiger partial charge in [0, 0.05) is 37.8 Å². The molecule has 2 atom stereocenters. The molecule has 0 saturated carbocycles. The maximum atomic E-state index is 13.6. The lowest BCUT2D eigenvalue weighted by atomic mass is 9.94. The van der Waals surface area contributed by atoms with Gasteiger partial charge < -0.3 is 19.9 Å². The summed E-state index contributed by atoms with van der Waals surface area (Å²) in [5.41, 5.74) is 0.178. The van der Waals surface area contributed by atoms with E-state index in [1.807, 2.05) is 4.90 Å². The molecule has 2 saturated heterocycles. The molecule has 2 amide bonds. The summed E-state index contributed by atoms with van der Waals surface area (Å²) < 4.78 is 1.40. The van der Waals surface area contributed by atoms with Crippen molar-refractivity contribution in [2.24, 2.45) is 0 Å². The van der Waals surface area contributed by atoms with Crippen molar-refractivity contribution in [3.05, 3.63) is 27.2 Å². The molecule has 0 aliphatic carbocycles. The zero-order valence-electron chi connectivity index (χ0n) is 15.2. The highest BCUT2D eigenvalue weighted by Gasteiger charge is 2.47. The number of carbonyl (C=O) groups excluding carboxylic acids is 2. The first-order valence-electron chi connectivity index (χ1n) is 9.91. The minimum atomic E-state index is -0.636. The molecule has 0 bridgehead atoms. The van der Waals surface area contributed by atoms with Crippen molar-refractivity contribution in [3.63, 3.8) is 0 Å². The summed E-state index contributed by atoms with van der Waals surface area (Å²) in [6.45, 7) is 2.49.